The molecule has 11 heteroatoms. The SMILES string of the molecule is CCN(C(=O)CCN1CCC(NC(=O)Nc2ccccc2-c2ccccc2)CC1)c1ccc(CNCCc2ccc(O)c3[nH]c(=O)sc23)cc1. The van der Waals surface area contributed by atoms with Gasteiger partial charge >= 0.3 is 10.9 Å². The molecule has 5 aromatic rings. The molecule has 0 spiro atoms. The highest BCUT2D eigenvalue weighted by atomic mass is 32.1. The third-order valence-electron chi connectivity index (χ3n) is 9.23. The Morgan fingerprint density at radius 1 is 0.960 bits per heavy atom. The van der Waals surface area contributed by atoms with Gasteiger partial charge in [-0.3, -0.25) is 9.59 Å². The molecule has 1 fully saturated rings. The molecule has 0 radical (unpaired) electrons. The van der Waals surface area contributed by atoms with Crippen molar-refractivity contribution in [3.63, 3.8) is 0 Å². The summed E-state index contributed by atoms with van der Waals surface area (Å²) in [6.45, 7) is 6.33. The smallest absolute Gasteiger partial charge is 0.319 e. The number of phenolic OH excluding ortho intramolecular Hbond substituents is 1. The van der Waals surface area contributed by atoms with Crippen molar-refractivity contribution in [2.75, 3.05) is 42.9 Å². The second-order valence-corrected chi connectivity index (χ2v) is 13.6. The minimum Gasteiger partial charge on any atom is -0.506 e. The number of benzene rings is 4. The second-order valence-electron chi connectivity index (χ2n) is 12.6. The fraction of sp³-hybridized carbons (Fsp3) is 0.308. The van der Waals surface area contributed by atoms with Crippen LogP contribution in [0, 0.1) is 0 Å². The van der Waals surface area contributed by atoms with Gasteiger partial charge < -0.3 is 35.8 Å². The summed E-state index contributed by atoms with van der Waals surface area (Å²) >= 11 is 1.12. The van der Waals surface area contributed by atoms with Gasteiger partial charge in [0, 0.05) is 56.4 Å². The number of carbonyl (C=O) groups is 2. The van der Waals surface area contributed by atoms with Gasteiger partial charge in [0.05, 0.1) is 10.4 Å². The molecule has 5 N–H and O–H groups in total. The second kappa shape index (κ2) is 16.6. The number of anilines is 2. The molecule has 6 rings (SSSR count). The van der Waals surface area contributed by atoms with Gasteiger partial charge in [0.1, 0.15) is 11.3 Å². The quantitative estimate of drug-likeness (QED) is 0.0919. The molecule has 4 aromatic carbocycles. The minimum atomic E-state index is -0.199. The third kappa shape index (κ3) is 8.78. The molecule has 0 atom stereocenters. The number of piperidine rings is 1. The van der Waals surface area contributed by atoms with E-state index in [4.69, 9.17) is 0 Å². The summed E-state index contributed by atoms with van der Waals surface area (Å²) in [5.41, 5.74) is 6.34. The average Bonchev–Trinajstić information content (AvgIpc) is 3.54. The molecule has 10 nitrogen and oxygen atoms in total. The maximum Gasteiger partial charge on any atom is 0.319 e. The van der Waals surface area contributed by atoms with E-state index in [1.807, 2.05) is 96.8 Å². The molecule has 3 amide bonds. The van der Waals surface area contributed by atoms with Gasteiger partial charge in [-0.05, 0) is 73.7 Å². The number of hydrogen-bond acceptors (Lipinski definition) is 7. The summed E-state index contributed by atoms with van der Waals surface area (Å²) < 4.78 is 0.800. The fourth-order valence-electron chi connectivity index (χ4n) is 6.52. The lowest BCUT2D eigenvalue weighted by atomic mass is 10.0. The monoisotopic (exact) mass is 692 g/mol. The lowest BCUT2D eigenvalue weighted by molar-refractivity contribution is -0.119. The lowest BCUT2D eigenvalue weighted by Gasteiger charge is -2.32. The number of rotatable bonds is 13. The number of carbonyl (C=O) groups excluding carboxylic acids is 2. The van der Waals surface area contributed by atoms with Gasteiger partial charge in [-0.1, -0.05) is 78.1 Å². The Morgan fingerprint density at radius 3 is 2.46 bits per heavy atom. The molecule has 0 unspecified atom stereocenters. The van der Waals surface area contributed by atoms with E-state index in [9.17, 15) is 19.5 Å². The average molecular weight is 693 g/mol. The fourth-order valence-corrected chi connectivity index (χ4v) is 7.41. The number of phenols is 1. The Hall–Kier alpha value is -4.97. The van der Waals surface area contributed by atoms with E-state index < -0.39 is 0 Å². The summed E-state index contributed by atoms with van der Waals surface area (Å²) in [6.07, 6.45) is 2.84. The van der Waals surface area contributed by atoms with Crippen molar-refractivity contribution in [1.29, 1.82) is 0 Å². The van der Waals surface area contributed by atoms with Crippen LogP contribution >= 0.6 is 11.3 Å². The number of thiazole rings is 1. The molecule has 1 saturated heterocycles. The molecule has 0 bridgehead atoms. The number of para-hydroxylation sites is 1. The van der Waals surface area contributed by atoms with Crippen LogP contribution in [0.4, 0.5) is 16.2 Å². The maximum atomic E-state index is 13.3. The molecule has 2 heterocycles. The maximum absolute atomic E-state index is 13.3. The number of urea groups is 1. The van der Waals surface area contributed by atoms with Crippen molar-refractivity contribution in [3.8, 4) is 16.9 Å². The standard InChI is InChI=1S/C39H44N6O4S/c1-2-45(31-15-12-27(13-16-31)26-40-22-18-29-14-17-34(46)36-37(29)50-39(49)43-36)35(47)21-25-44-23-19-30(20-24-44)41-38(48)42-33-11-7-6-10-32(33)28-8-4-3-5-9-28/h3-17,30,40,46H,2,18-26H2,1H3,(H,43,49)(H2,41,42,48). The molecule has 1 aromatic heterocycles. The summed E-state index contributed by atoms with van der Waals surface area (Å²) in [5, 5.41) is 19.6. The topological polar surface area (TPSA) is 130 Å². The van der Waals surface area contributed by atoms with Crippen molar-refractivity contribution in [3.05, 3.63) is 112 Å². The van der Waals surface area contributed by atoms with Gasteiger partial charge in [0.25, 0.3) is 0 Å². The number of aromatic hydroxyl groups is 1. The molecule has 260 valence electrons. The first-order chi connectivity index (χ1) is 24.4. The number of nitrogens with one attached hydrogen (secondary N) is 4. The van der Waals surface area contributed by atoms with E-state index >= 15 is 0 Å². The van der Waals surface area contributed by atoms with Crippen LogP contribution in [0.5, 0.6) is 5.75 Å². The van der Waals surface area contributed by atoms with E-state index in [1.54, 1.807) is 6.07 Å². The van der Waals surface area contributed by atoms with Crippen LogP contribution in [0.1, 0.15) is 37.3 Å². The molecular weight excluding hydrogens is 649 g/mol. The van der Waals surface area contributed by atoms with Crippen LogP contribution in [-0.2, 0) is 17.8 Å². The molecule has 0 aliphatic carbocycles. The number of amides is 3. The number of H-pyrrole nitrogens is 1. The Balaban J connectivity index is 0.911. The predicted molar refractivity (Wildman–Crippen MR) is 202 cm³/mol. The van der Waals surface area contributed by atoms with Gasteiger partial charge in [0.15, 0.2) is 0 Å². The zero-order valence-corrected chi connectivity index (χ0v) is 29.1. The van der Waals surface area contributed by atoms with Crippen LogP contribution in [-0.4, -0.2) is 65.7 Å². The lowest BCUT2D eigenvalue weighted by Crippen LogP contribution is -2.46. The normalized spacial score (nSPS) is 13.7. The number of hydrogen-bond donors (Lipinski definition) is 5. The Labute approximate surface area is 296 Å². The van der Waals surface area contributed by atoms with Crippen molar-refractivity contribution in [1.82, 2.24) is 20.5 Å². The van der Waals surface area contributed by atoms with Crippen LogP contribution in [0.25, 0.3) is 21.3 Å². The van der Waals surface area contributed by atoms with E-state index in [0.717, 1.165) is 88.6 Å². The number of fused-ring (bicyclic) bond motifs is 1. The Bertz CT molecular complexity index is 1950. The Kier molecular flexibility index (Phi) is 11.6. The zero-order valence-electron chi connectivity index (χ0n) is 28.3. The summed E-state index contributed by atoms with van der Waals surface area (Å²) in [6, 6.07) is 29.3. The third-order valence-corrected chi connectivity index (χ3v) is 10.2. The molecule has 1 aliphatic heterocycles. The molecular formula is C39H44N6O4S. The number of aromatic amines is 1. The largest absolute Gasteiger partial charge is 0.506 e. The first-order valence-electron chi connectivity index (χ1n) is 17.3. The summed E-state index contributed by atoms with van der Waals surface area (Å²) in [5.74, 6) is 0.190. The van der Waals surface area contributed by atoms with Crippen LogP contribution in [0.15, 0.2) is 95.8 Å². The first-order valence-corrected chi connectivity index (χ1v) is 18.1. The first kappa shape index (κ1) is 34.9. The highest BCUT2D eigenvalue weighted by Gasteiger charge is 2.23. The van der Waals surface area contributed by atoms with Gasteiger partial charge in [-0.25, -0.2) is 4.79 Å². The van der Waals surface area contributed by atoms with Crippen LogP contribution in [0.2, 0.25) is 0 Å². The van der Waals surface area contributed by atoms with Gasteiger partial charge in [0.2, 0.25) is 5.91 Å². The van der Waals surface area contributed by atoms with E-state index in [2.05, 4.69) is 25.8 Å². The van der Waals surface area contributed by atoms with Crippen molar-refractivity contribution >= 4 is 44.9 Å². The van der Waals surface area contributed by atoms with Crippen molar-refractivity contribution < 1.29 is 14.7 Å². The van der Waals surface area contributed by atoms with Crippen molar-refractivity contribution in [2.45, 2.75) is 45.2 Å². The minimum absolute atomic E-state index is 0.0847. The number of nitrogens with zero attached hydrogens (tertiary/aromatic N) is 2. The molecule has 50 heavy (non-hydrogen) atoms. The van der Waals surface area contributed by atoms with Gasteiger partial charge in [-0.15, -0.1) is 0 Å². The van der Waals surface area contributed by atoms with Crippen LogP contribution in [0.3, 0.4) is 0 Å². The van der Waals surface area contributed by atoms with E-state index in [-0.39, 0.29) is 28.6 Å². The highest BCUT2D eigenvalue weighted by molar-refractivity contribution is 7.16. The molecule has 0 saturated carbocycles. The van der Waals surface area contributed by atoms with Crippen LogP contribution < -0.4 is 25.7 Å². The summed E-state index contributed by atoms with van der Waals surface area (Å²) in [7, 11) is 0. The van der Waals surface area contributed by atoms with E-state index in [1.165, 1.54) is 0 Å². The van der Waals surface area contributed by atoms with Crippen molar-refractivity contribution in [2.24, 2.45) is 0 Å². The Morgan fingerprint density at radius 2 is 1.70 bits per heavy atom. The summed E-state index contributed by atoms with van der Waals surface area (Å²) in [4.78, 5) is 44.6. The molecule has 1 aliphatic rings. The highest BCUT2D eigenvalue weighted by Crippen LogP contribution is 2.29. The van der Waals surface area contributed by atoms with E-state index in [0.29, 0.717) is 31.6 Å². The van der Waals surface area contributed by atoms with Gasteiger partial charge in [-0.2, -0.15) is 0 Å². The number of likely N-dealkylation sites (tertiary alicyclic amines) is 1. The number of aromatic nitrogens is 1. The predicted octanol–water partition coefficient (Wildman–Crippen LogP) is 6.32. The zero-order chi connectivity index (χ0) is 34.9.